The van der Waals surface area contributed by atoms with Crippen molar-refractivity contribution in [2.24, 2.45) is 0 Å². The Balaban J connectivity index is 2.39. The Morgan fingerprint density at radius 2 is 1.94 bits per heavy atom. The van der Waals surface area contributed by atoms with E-state index in [1.54, 1.807) is 24.3 Å². The zero-order chi connectivity index (χ0) is 11.8. The van der Waals surface area contributed by atoms with Crippen LogP contribution in [0.2, 0.25) is 5.02 Å². The standard InChI is InChI=1S/C9H4Cl4N2O/c10-6-3-1-2-5(4-6)7-14-8(16-15-7)9(11,12)13/h1-4H. The van der Waals surface area contributed by atoms with Crippen LogP contribution in [0.15, 0.2) is 28.8 Å². The van der Waals surface area contributed by atoms with Gasteiger partial charge in [-0.25, -0.2) is 0 Å². The number of hydrogen-bond acceptors (Lipinski definition) is 3. The molecule has 0 radical (unpaired) electrons. The van der Waals surface area contributed by atoms with E-state index in [-0.39, 0.29) is 5.89 Å². The summed E-state index contributed by atoms with van der Waals surface area (Å²) in [5, 5.41) is 4.26. The first-order valence-corrected chi connectivity index (χ1v) is 5.65. The fraction of sp³-hybridized carbons (Fsp3) is 0.111. The molecule has 1 aromatic carbocycles. The predicted molar refractivity (Wildman–Crippen MR) is 64.0 cm³/mol. The zero-order valence-corrected chi connectivity index (χ0v) is 10.6. The average molecular weight is 298 g/mol. The lowest BCUT2D eigenvalue weighted by molar-refractivity contribution is 0.383. The second-order valence-corrected chi connectivity index (χ2v) is 5.65. The second kappa shape index (κ2) is 4.41. The number of rotatable bonds is 1. The largest absolute Gasteiger partial charge is 0.334 e. The maximum Gasteiger partial charge on any atom is 0.279 e. The van der Waals surface area contributed by atoms with Crippen molar-refractivity contribution in [1.29, 1.82) is 0 Å². The summed E-state index contributed by atoms with van der Waals surface area (Å²) in [5.74, 6) is 0.247. The minimum absolute atomic E-state index is 0.0764. The summed E-state index contributed by atoms with van der Waals surface area (Å²) in [6.07, 6.45) is 0. The van der Waals surface area contributed by atoms with Crippen molar-refractivity contribution in [3.8, 4) is 11.4 Å². The predicted octanol–water partition coefficient (Wildman–Crippen LogP) is 4.22. The molecule has 0 aliphatic heterocycles. The quantitative estimate of drug-likeness (QED) is 0.740. The zero-order valence-electron chi connectivity index (χ0n) is 7.62. The molecule has 0 saturated carbocycles. The smallest absolute Gasteiger partial charge is 0.279 e. The highest BCUT2D eigenvalue weighted by molar-refractivity contribution is 6.66. The van der Waals surface area contributed by atoms with Gasteiger partial charge in [-0.1, -0.05) is 63.7 Å². The molecule has 3 nitrogen and oxygen atoms in total. The van der Waals surface area contributed by atoms with Crippen molar-refractivity contribution in [2.75, 3.05) is 0 Å². The number of alkyl halides is 3. The SMILES string of the molecule is Clc1cccc(-c2noc(C(Cl)(Cl)Cl)n2)c1. The molecule has 2 rings (SSSR count). The van der Waals surface area contributed by atoms with Crippen LogP contribution in [-0.2, 0) is 3.79 Å². The fourth-order valence-electron chi connectivity index (χ4n) is 1.08. The normalized spacial score (nSPS) is 11.8. The van der Waals surface area contributed by atoms with Crippen LogP contribution in [0.3, 0.4) is 0 Å². The molecule has 1 aromatic heterocycles. The third-order valence-electron chi connectivity index (χ3n) is 1.75. The molecule has 0 amide bonds. The Bertz CT molecular complexity index is 506. The lowest BCUT2D eigenvalue weighted by Gasteiger charge is -2.01. The lowest BCUT2D eigenvalue weighted by atomic mass is 10.2. The molecule has 1 heterocycles. The van der Waals surface area contributed by atoms with E-state index in [1.807, 2.05) is 0 Å². The molecule has 0 saturated heterocycles. The van der Waals surface area contributed by atoms with E-state index in [4.69, 9.17) is 50.9 Å². The van der Waals surface area contributed by atoms with Crippen LogP contribution in [0.25, 0.3) is 11.4 Å². The van der Waals surface area contributed by atoms with Crippen LogP contribution in [0.1, 0.15) is 5.89 Å². The summed E-state index contributed by atoms with van der Waals surface area (Å²) in [7, 11) is 0. The van der Waals surface area contributed by atoms with E-state index >= 15 is 0 Å². The Kier molecular flexibility index (Phi) is 3.31. The second-order valence-electron chi connectivity index (χ2n) is 2.93. The minimum Gasteiger partial charge on any atom is -0.334 e. The van der Waals surface area contributed by atoms with E-state index in [0.29, 0.717) is 16.4 Å². The van der Waals surface area contributed by atoms with Gasteiger partial charge in [-0.15, -0.1) is 0 Å². The number of halogens is 4. The van der Waals surface area contributed by atoms with Crippen molar-refractivity contribution >= 4 is 46.4 Å². The van der Waals surface area contributed by atoms with Gasteiger partial charge in [-0.2, -0.15) is 4.98 Å². The van der Waals surface area contributed by atoms with Crippen LogP contribution in [-0.4, -0.2) is 10.1 Å². The summed E-state index contributed by atoms with van der Waals surface area (Å²) >= 11 is 22.6. The van der Waals surface area contributed by atoms with Crippen LogP contribution < -0.4 is 0 Å². The van der Waals surface area contributed by atoms with E-state index < -0.39 is 3.79 Å². The highest BCUT2D eigenvalue weighted by Gasteiger charge is 2.30. The number of aromatic nitrogens is 2. The molecule has 0 N–H and O–H groups in total. The van der Waals surface area contributed by atoms with Gasteiger partial charge in [0.15, 0.2) is 0 Å². The molecular formula is C9H4Cl4N2O. The summed E-state index contributed by atoms with van der Waals surface area (Å²) in [6, 6.07) is 6.97. The first-order valence-electron chi connectivity index (χ1n) is 4.13. The molecule has 0 aliphatic carbocycles. The monoisotopic (exact) mass is 296 g/mol. The molecule has 2 aromatic rings. The van der Waals surface area contributed by atoms with Crippen LogP contribution >= 0.6 is 46.4 Å². The van der Waals surface area contributed by atoms with Crippen molar-refractivity contribution in [3.05, 3.63) is 35.2 Å². The Labute approximate surface area is 111 Å². The van der Waals surface area contributed by atoms with Gasteiger partial charge in [-0.05, 0) is 12.1 Å². The molecule has 0 atom stereocenters. The van der Waals surface area contributed by atoms with Crippen LogP contribution in [0.5, 0.6) is 0 Å². The maximum atomic E-state index is 5.83. The third kappa shape index (κ3) is 2.61. The first kappa shape index (κ1) is 12.0. The first-order chi connectivity index (χ1) is 7.47. The van der Waals surface area contributed by atoms with Gasteiger partial charge < -0.3 is 4.52 Å². The fourth-order valence-corrected chi connectivity index (χ4v) is 1.50. The molecule has 84 valence electrons. The lowest BCUT2D eigenvalue weighted by Crippen LogP contribution is -1.99. The van der Waals surface area contributed by atoms with E-state index in [0.717, 1.165) is 0 Å². The van der Waals surface area contributed by atoms with Crippen LogP contribution in [0.4, 0.5) is 0 Å². The molecule has 0 fully saturated rings. The van der Waals surface area contributed by atoms with Crippen molar-refractivity contribution in [2.45, 2.75) is 3.79 Å². The van der Waals surface area contributed by atoms with Gasteiger partial charge in [0.25, 0.3) is 9.68 Å². The average Bonchev–Trinajstić information content (AvgIpc) is 2.65. The molecule has 0 spiro atoms. The summed E-state index contributed by atoms with van der Waals surface area (Å²) in [5.41, 5.74) is 0.691. The third-order valence-corrected chi connectivity index (χ3v) is 2.47. The van der Waals surface area contributed by atoms with Gasteiger partial charge in [0, 0.05) is 10.6 Å². The summed E-state index contributed by atoms with van der Waals surface area (Å²) < 4.78 is 3.10. The van der Waals surface area contributed by atoms with E-state index in [2.05, 4.69) is 10.1 Å². The Morgan fingerprint density at radius 1 is 1.19 bits per heavy atom. The Hall–Kier alpha value is -0.480. The van der Waals surface area contributed by atoms with Crippen molar-refractivity contribution in [1.82, 2.24) is 10.1 Å². The molecule has 0 aliphatic rings. The topological polar surface area (TPSA) is 38.9 Å². The van der Waals surface area contributed by atoms with Crippen molar-refractivity contribution < 1.29 is 4.52 Å². The molecule has 7 heteroatoms. The molecule has 0 unspecified atom stereocenters. The summed E-state index contributed by atoms with van der Waals surface area (Å²) in [6.45, 7) is 0. The molecular weight excluding hydrogens is 294 g/mol. The highest BCUT2D eigenvalue weighted by atomic mass is 35.6. The van der Waals surface area contributed by atoms with Gasteiger partial charge in [-0.3, -0.25) is 0 Å². The van der Waals surface area contributed by atoms with E-state index in [9.17, 15) is 0 Å². The summed E-state index contributed by atoms with van der Waals surface area (Å²) in [4.78, 5) is 3.96. The van der Waals surface area contributed by atoms with Gasteiger partial charge in [0.05, 0.1) is 0 Å². The van der Waals surface area contributed by atoms with Crippen LogP contribution in [0, 0.1) is 0 Å². The highest BCUT2D eigenvalue weighted by Crippen LogP contribution is 2.37. The number of nitrogens with zero attached hydrogens (tertiary/aromatic N) is 2. The number of benzene rings is 1. The van der Waals surface area contributed by atoms with Crippen molar-refractivity contribution in [3.63, 3.8) is 0 Å². The van der Waals surface area contributed by atoms with E-state index in [1.165, 1.54) is 0 Å². The maximum absolute atomic E-state index is 5.83. The minimum atomic E-state index is -1.72. The van der Waals surface area contributed by atoms with Gasteiger partial charge in [0.2, 0.25) is 5.82 Å². The Morgan fingerprint density at radius 3 is 2.50 bits per heavy atom. The van der Waals surface area contributed by atoms with Gasteiger partial charge >= 0.3 is 0 Å². The molecule has 0 bridgehead atoms. The van der Waals surface area contributed by atoms with Gasteiger partial charge in [0.1, 0.15) is 0 Å². The molecule has 16 heavy (non-hydrogen) atoms. The number of hydrogen-bond donors (Lipinski definition) is 0.